The summed E-state index contributed by atoms with van der Waals surface area (Å²) in [4.78, 5) is 0. The lowest BCUT2D eigenvalue weighted by atomic mass is 10.2. The second-order valence-corrected chi connectivity index (χ2v) is 4.21. The van der Waals surface area contributed by atoms with Gasteiger partial charge >= 0.3 is 0 Å². The highest BCUT2D eigenvalue weighted by molar-refractivity contribution is 6.30. The second kappa shape index (κ2) is 4.96. The Bertz CT molecular complexity index is 584. The van der Waals surface area contributed by atoms with E-state index in [4.69, 9.17) is 16.3 Å². The number of aromatic nitrogens is 2. The predicted octanol–water partition coefficient (Wildman–Crippen LogP) is 2.81. The lowest BCUT2D eigenvalue weighted by Gasteiger charge is -2.09. The molecule has 0 spiro atoms. The topological polar surface area (TPSA) is 47.3 Å². The summed E-state index contributed by atoms with van der Waals surface area (Å²) < 4.78 is 20.6. The standard InChI is InChI=1S/C12H12ClFN2O2/c1-7-8(6-17)12(16(2)15-7)18-10-5-3-4-9(13)11(10)14/h3-5,17H,6H2,1-2H3. The summed E-state index contributed by atoms with van der Waals surface area (Å²) in [5, 5.41) is 13.4. The number of aliphatic hydroxyl groups excluding tert-OH is 1. The summed E-state index contributed by atoms with van der Waals surface area (Å²) in [5.74, 6) is -0.335. The average molecular weight is 271 g/mol. The van der Waals surface area contributed by atoms with Crippen LogP contribution < -0.4 is 4.74 Å². The SMILES string of the molecule is Cc1nn(C)c(Oc2cccc(Cl)c2F)c1CO. The zero-order valence-corrected chi connectivity index (χ0v) is 10.7. The molecule has 4 nitrogen and oxygen atoms in total. The van der Waals surface area contributed by atoms with Crippen LogP contribution in [0.15, 0.2) is 18.2 Å². The molecule has 1 aromatic carbocycles. The number of nitrogens with zero attached hydrogens (tertiary/aromatic N) is 2. The van der Waals surface area contributed by atoms with E-state index >= 15 is 0 Å². The molecule has 0 amide bonds. The maximum atomic E-state index is 13.7. The minimum atomic E-state index is -0.637. The molecule has 0 aliphatic heterocycles. The van der Waals surface area contributed by atoms with Crippen LogP contribution in [0.3, 0.4) is 0 Å². The Labute approximate surface area is 109 Å². The van der Waals surface area contributed by atoms with Gasteiger partial charge in [-0.3, -0.25) is 0 Å². The van der Waals surface area contributed by atoms with E-state index in [1.807, 2.05) is 0 Å². The highest BCUT2D eigenvalue weighted by Gasteiger charge is 2.17. The highest BCUT2D eigenvalue weighted by atomic mass is 35.5. The minimum Gasteiger partial charge on any atom is -0.436 e. The Kier molecular flexibility index (Phi) is 3.54. The van der Waals surface area contributed by atoms with Gasteiger partial charge in [0.1, 0.15) is 0 Å². The van der Waals surface area contributed by atoms with Gasteiger partial charge in [-0.25, -0.2) is 9.07 Å². The number of hydrogen-bond donors (Lipinski definition) is 1. The lowest BCUT2D eigenvalue weighted by Crippen LogP contribution is -1.98. The molecule has 0 unspecified atom stereocenters. The number of benzene rings is 1. The van der Waals surface area contributed by atoms with E-state index in [0.29, 0.717) is 17.1 Å². The van der Waals surface area contributed by atoms with Crippen LogP contribution in [0.1, 0.15) is 11.3 Å². The maximum absolute atomic E-state index is 13.7. The van der Waals surface area contributed by atoms with Gasteiger partial charge in [0.15, 0.2) is 11.6 Å². The highest BCUT2D eigenvalue weighted by Crippen LogP contribution is 2.31. The Balaban J connectivity index is 2.43. The number of aliphatic hydroxyl groups is 1. The zero-order chi connectivity index (χ0) is 13.3. The molecule has 0 saturated carbocycles. The minimum absolute atomic E-state index is 0.000185. The zero-order valence-electron chi connectivity index (χ0n) is 9.94. The molecule has 18 heavy (non-hydrogen) atoms. The largest absolute Gasteiger partial charge is 0.436 e. The molecule has 0 atom stereocenters. The summed E-state index contributed by atoms with van der Waals surface area (Å²) in [7, 11) is 1.66. The molecule has 0 aliphatic carbocycles. The van der Waals surface area contributed by atoms with Crippen molar-refractivity contribution in [2.45, 2.75) is 13.5 Å². The Morgan fingerprint density at radius 1 is 1.50 bits per heavy atom. The summed E-state index contributed by atoms with van der Waals surface area (Å²) in [6.07, 6.45) is 0. The first kappa shape index (κ1) is 12.9. The maximum Gasteiger partial charge on any atom is 0.223 e. The Morgan fingerprint density at radius 2 is 2.22 bits per heavy atom. The van der Waals surface area contributed by atoms with E-state index in [-0.39, 0.29) is 17.4 Å². The van der Waals surface area contributed by atoms with Crippen molar-refractivity contribution in [2.75, 3.05) is 0 Å². The smallest absolute Gasteiger partial charge is 0.223 e. The van der Waals surface area contributed by atoms with Crippen LogP contribution in [-0.4, -0.2) is 14.9 Å². The first-order valence-electron chi connectivity index (χ1n) is 5.29. The molecule has 6 heteroatoms. The monoisotopic (exact) mass is 270 g/mol. The number of rotatable bonds is 3. The van der Waals surface area contributed by atoms with E-state index in [1.165, 1.54) is 16.8 Å². The molecular weight excluding hydrogens is 259 g/mol. The number of hydrogen-bond acceptors (Lipinski definition) is 3. The lowest BCUT2D eigenvalue weighted by molar-refractivity contribution is 0.273. The third-order valence-corrected chi connectivity index (χ3v) is 2.86. The summed E-state index contributed by atoms with van der Waals surface area (Å²) >= 11 is 5.67. The molecule has 1 aromatic heterocycles. The van der Waals surface area contributed by atoms with Crippen LogP contribution in [0.25, 0.3) is 0 Å². The van der Waals surface area contributed by atoms with E-state index in [0.717, 1.165) is 0 Å². The van der Waals surface area contributed by atoms with Crippen molar-refractivity contribution in [3.63, 3.8) is 0 Å². The Hall–Kier alpha value is -1.59. The van der Waals surface area contributed by atoms with Crippen molar-refractivity contribution >= 4 is 11.6 Å². The summed E-state index contributed by atoms with van der Waals surface area (Å²) in [6, 6.07) is 4.48. The predicted molar refractivity (Wildman–Crippen MR) is 65.4 cm³/mol. The van der Waals surface area contributed by atoms with Crippen molar-refractivity contribution in [1.29, 1.82) is 0 Å². The fraction of sp³-hybridized carbons (Fsp3) is 0.250. The van der Waals surface area contributed by atoms with Crippen LogP contribution in [0, 0.1) is 12.7 Å². The molecule has 96 valence electrons. The van der Waals surface area contributed by atoms with Crippen LogP contribution in [0.5, 0.6) is 11.6 Å². The molecule has 0 aliphatic rings. The molecule has 0 fully saturated rings. The molecular formula is C12H12ClFN2O2. The first-order chi connectivity index (χ1) is 8.54. The fourth-order valence-corrected chi connectivity index (χ4v) is 1.82. The van der Waals surface area contributed by atoms with Gasteiger partial charge in [0.2, 0.25) is 5.88 Å². The number of aryl methyl sites for hydroxylation is 2. The number of ether oxygens (including phenoxy) is 1. The quantitative estimate of drug-likeness (QED) is 0.933. The molecule has 2 aromatic rings. The molecule has 2 rings (SSSR count). The van der Waals surface area contributed by atoms with Crippen molar-refractivity contribution in [1.82, 2.24) is 9.78 Å². The number of halogens is 2. The van der Waals surface area contributed by atoms with Gasteiger partial charge in [0, 0.05) is 7.05 Å². The van der Waals surface area contributed by atoms with Crippen molar-refractivity contribution in [3.05, 3.63) is 40.3 Å². The molecule has 1 N–H and O–H groups in total. The van der Waals surface area contributed by atoms with Crippen LogP contribution in [0.4, 0.5) is 4.39 Å². The van der Waals surface area contributed by atoms with Gasteiger partial charge in [-0.15, -0.1) is 0 Å². The summed E-state index contributed by atoms with van der Waals surface area (Å²) in [6.45, 7) is 1.52. The molecule has 0 bridgehead atoms. The van der Waals surface area contributed by atoms with Crippen LogP contribution in [-0.2, 0) is 13.7 Å². The van der Waals surface area contributed by atoms with Gasteiger partial charge in [-0.1, -0.05) is 17.7 Å². The van der Waals surface area contributed by atoms with E-state index < -0.39 is 5.82 Å². The van der Waals surface area contributed by atoms with E-state index in [1.54, 1.807) is 20.0 Å². The van der Waals surface area contributed by atoms with E-state index in [2.05, 4.69) is 5.10 Å². The fourth-order valence-electron chi connectivity index (χ4n) is 1.66. The third-order valence-electron chi connectivity index (χ3n) is 2.57. The summed E-state index contributed by atoms with van der Waals surface area (Å²) in [5.41, 5.74) is 1.16. The third kappa shape index (κ3) is 2.19. The average Bonchev–Trinajstić information content (AvgIpc) is 2.59. The van der Waals surface area contributed by atoms with Crippen molar-refractivity contribution < 1.29 is 14.2 Å². The van der Waals surface area contributed by atoms with Gasteiger partial charge in [-0.05, 0) is 19.1 Å². The van der Waals surface area contributed by atoms with Gasteiger partial charge in [-0.2, -0.15) is 5.10 Å². The van der Waals surface area contributed by atoms with Crippen molar-refractivity contribution in [3.8, 4) is 11.6 Å². The normalized spacial score (nSPS) is 10.7. The van der Waals surface area contributed by atoms with Crippen molar-refractivity contribution in [2.24, 2.45) is 7.05 Å². The first-order valence-corrected chi connectivity index (χ1v) is 5.67. The van der Waals surface area contributed by atoms with E-state index in [9.17, 15) is 9.50 Å². The van der Waals surface area contributed by atoms with Gasteiger partial charge in [0.05, 0.1) is 22.9 Å². The van der Waals surface area contributed by atoms with Gasteiger partial charge < -0.3 is 9.84 Å². The van der Waals surface area contributed by atoms with Crippen LogP contribution in [0.2, 0.25) is 5.02 Å². The molecule has 0 saturated heterocycles. The molecule has 0 radical (unpaired) electrons. The van der Waals surface area contributed by atoms with Crippen LogP contribution >= 0.6 is 11.6 Å². The van der Waals surface area contributed by atoms with Gasteiger partial charge in [0.25, 0.3) is 0 Å². The second-order valence-electron chi connectivity index (χ2n) is 3.80. The molecule has 1 heterocycles. The Morgan fingerprint density at radius 3 is 2.89 bits per heavy atom.